The van der Waals surface area contributed by atoms with Crippen molar-refractivity contribution in [2.24, 2.45) is 0 Å². The summed E-state index contributed by atoms with van der Waals surface area (Å²) in [6.07, 6.45) is 0. The van der Waals surface area contributed by atoms with E-state index in [0.717, 1.165) is 36.2 Å². The lowest BCUT2D eigenvalue weighted by Gasteiger charge is -2.35. The van der Waals surface area contributed by atoms with Crippen LogP contribution in [0.15, 0.2) is 28.7 Å². The quantitative estimate of drug-likeness (QED) is 0.913. The zero-order valence-corrected chi connectivity index (χ0v) is 13.0. The van der Waals surface area contributed by atoms with Gasteiger partial charge in [0.05, 0.1) is 0 Å². The SMILES string of the molecule is CN(CC1CNCCN1C)C(=O)c1ccc(Br)cc1. The first-order valence-corrected chi connectivity index (χ1v) is 7.29. The van der Waals surface area contributed by atoms with Gasteiger partial charge in [-0.1, -0.05) is 15.9 Å². The number of hydrogen-bond donors (Lipinski definition) is 1. The highest BCUT2D eigenvalue weighted by molar-refractivity contribution is 9.10. The Labute approximate surface area is 122 Å². The van der Waals surface area contributed by atoms with E-state index in [2.05, 4.69) is 33.2 Å². The molecule has 0 spiro atoms. The van der Waals surface area contributed by atoms with Gasteiger partial charge in [0.15, 0.2) is 0 Å². The van der Waals surface area contributed by atoms with Crippen molar-refractivity contribution >= 4 is 21.8 Å². The molecule has 0 saturated carbocycles. The van der Waals surface area contributed by atoms with Gasteiger partial charge in [-0.05, 0) is 31.3 Å². The van der Waals surface area contributed by atoms with Crippen molar-refractivity contribution in [3.8, 4) is 0 Å². The molecule has 1 aliphatic heterocycles. The molecule has 19 heavy (non-hydrogen) atoms. The van der Waals surface area contributed by atoms with Crippen LogP contribution >= 0.6 is 15.9 Å². The molecule has 0 radical (unpaired) electrons. The van der Waals surface area contributed by atoms with Crippen molar-refractivity contribution in [3.05, 3.63) is 34.3 Å². The summed E-state index contributed by atoms with van der Waals surface area (Å²) >= 11 is 3.38. The number of carbonyl (C=O) groups is 1. The van der Waals surface area contributed by atoms with Crippen LogP contribution in [0.25, 0.3) is 0 Å². The van der Waals surface area contributed by atoms with Gasteiger partial charge in [0, 0.05) is 49.3 Å². The Morgan fingerprint density at radius 1 is 1.47 bits per heavy atom. The highest BCUT2D eigenvalue weighted by Gasteiger charge is 2.22. The first-order valence-electron chi connectivity index (χ1n) is 6.50. The molecule has 0 bridgehead atoms. The van der Waals surface area contributed by atoms with Gasteiger partial charge in [0.25, 0.3) is 5.91 Å². The second kappa shape index (κ2) is 6.50. The summed E-state index contributed by atoms with van der Waals surface area (Å²) in [4.78, 5) is 16.4. The molecule has 0 aromatic heterocycles. The fourth-order valence-corrected chi connectivity index (χ4v) is 2.54. The molecule has 1 aliphatic rings. The Bertz CT molecular complexity index is 435. The lowest BCUT2D eigenvalue weighted by Crippen LogP contribution is -2.54. The summed E-state index contributed by atoms with van der Waals surface area (Å²) in [5.74, 6) is 0.0754. The predicted octanol–water partition coefficient (Wildman–Crippen LogP) is 1.42. The molecule has 1 saturated heterocycles. The van der Waals surface area contributed by atoms with Gasteiger partial charge in [-0.2, -0.15) is 0 Å². The van der Waals surface area contributed by atoms with Crippen LogP contribution in [-0.2, 0) is 0 Å². The minimum atomic E-state index is 0.0754. The number of hydrogen-bond acceptors (Lipinski definition) is 3. The fourth-order valence-electron chi connectivity index (χ4n) is 2.28. The number of amides is 1. The number of nitrogens with zero attached hydrogens (tertiary/aromatic N) is 2. The first-order chi connectivity index (χ1) is 9.08. The lowest BCUT2D eigenvalue weighted by molar-refractivity contribution is 0.0729. The normalized spacial score (nSPS) is 20.3. The number of likely N-dealkylation sites (N-methyl/N-ethyl adjacent to an activating group) is 2. The minimum absolute atomic E-state index is 0.0754. The molecule has 1 heterocycles. The van der Waals surface area contributed by atoms with Gasteiger partial charge in [-0.3, -0.25) is 9.69 Å². The third-order valence-electron chi connectivity index (χ3n) is 3.57. The van der Waals surface area contributed by atoms with Gasteiger partial charge in [-0.15, -0.1) is 0 Å². The van der Waals surface area contributed by atoms with Gasteiger partial charge in [0.1, 0.15) is 0 Å². The first kappa shape index (κ1) is 14.5. The summed E-state index contributed by atoms with van der Waals surface area (Å²) in [6.45, 7) is 3.75. The second-order valence-corrected chi connectivity index (χ2v) is 5.95. The minimum Gasteiger partial charge on any atom is -0.340 e. The lowest BCUT2D eigenvalue weighted by atomic mass is 10.1. The standard InChI is InChI=1S/C14H20BrN3O/c1-17-8-7-16-9-13(17)10-18(2)14(19)11-3-5-12(15)6-4-11/h3-6,13,16H,7-10H2,1-2H3. The van der Waals surface area contributed by atoms with Gasteiger partial charge in [-0.25, -0.2) is 0 Å². The Balaban J connectivity index is 1.97. The summed E-state index contributed by atoms with van der Waals surface area (Å²) in [5.41, 5.74) is 0.733. The molecule has 0 aliphatic carbocycles. The van der Waals surface area contributed by atoms with E-state index < -0.39 is 0 Å². The largest absolute Gasteiger partial charge is 0.340 e. The molecule has 5 heteroatoms. The van der Waals surface area contributed by atoms with Gasteiger partial charge < -0.3 is 10.2 Å². The van der Waals surface area contributed by atoms with Crippen LogP contribution < -0.4 is 5.32 Å². The average molecular weight is 326 g/mol. The molecule has 1 N–H and O–H groups in total. The van der Waals surface area contributed by atoms with Crippen molar-refractivity contribution in [2.75, 3.05) is 40.3 Å². The highest BCUT2D eigenvalue weighted by Crippen LogP contribution is 2.12. The van der Waals surface area contributed by atoms with E-state index in [1.165, 1.54) is 0 Å². The number of rotatable bonds is 3. The highest BCUT2D eigenvalue weighted by atomic mass is 79.9. The smallest absolute Gasteiger partial charge is 0.253 e. The molecule has 1 fully saturated rings. The zero-order chi connectivity index (χ0) is 13.8. The van der Waals surface area contributed by atoms with Crippen LogP contribution in [0, 0.1) is 0 Å². The molecule has 1 amide bonds. The maximum atomic E-state index is 12.3. The Morgan fingerprint density at radius 3 is 2.79 bits per heavy atom. The van der Waals surface area contributed by atoms with Crippen molar-refractivity contribution in [3.63, 3.8) is 0 Å². The van der Waals surface area contributed by atoms with Crippen LogP contribution in [0.3, 0.4) is 0 Å². The maximum absolute atomic E-state index is 12.3. The van der Waals surface area contributed by atoms with Crippen LogP contribution in [-0.4, -0.2) is 62.0 Å². The molecule has 2 rings (SSSR count). The van der Waals surface area contributed by atoms with Crippen LogP contribution in [0.1, 0.15) is 10.4 Å². The van der Waals surface area contributed by atoms with Crippen molar-refractivity contribution < 1.29 is 4.79 Å². The van der Waals surface area contributed by atoms with E-state index in [1.54, 1.807) is 4.90 Å². The van der Waals surface area contributed by atoms with Crippen LogP contribution in [0.4, 0.5) is 0 Å². The van der Waals surface area contributed by atoms with E-state index in [1.807, 2.05) is 31.3 Å². The molecule has 4 nitrogen and oxygen atoms in total. The number of piperazine rings is 1. The van der Waals surface area contributed by atoms with E-state index in [9.17, 15) is 4.79 Å². The van der Waals surface area contributed by atoms with Gasteiger partial charge in [0.2, 0.25) is 0 Å². The topological polar surface area (TPSA) is 35.6 Å². The van der Waals surface area contributed by atoms with Crippen LogP contribution in [0.5, 0.6) is 0 Å². The van der Waals surface area contributed by atoms with Gasteiger partial charge >= 0.3 is 0 Å². The molecule has 1 aromatic rings. The number of halogens is 1. The monoisotopic (exact) mass is 325 g/mol. The molecular weight excluding hydrogens is 306 g/mol. The molecule has 104 valence electrons. The Kier molecular flexibility index (Phi) is 4.96. The van der Waals surface area contributed by atoms with Crippen LogP contribution in [0.2, 0.25) is 0 Å². The third-order valence-corrected chi connectivity index (χ3v) is 4.10. The van der Waals surface area contributed by atoms with Crippen molar-refractivity contribution in [1.82, 2.24) is 15.1 Å². The third kappa shape index (κ3) is 3.78. The number of carbonyl (C=O) groups excluding carboxylic acids is 1. The predicted molar refractivity (Wildman–Crippen MR) is 80.4 cm³/mol. The number of benzene rings is 1. The summed E-state index contributed by atoms with van der Waals surface area (Å²) in [6, 6.07) is 7.89. The van der Waals surface area contributed by atoms with E-state index >= 15 is 0 Å². The molecule has 1 atom stereocenters. The fraction of sp³-hybridized carbons (Fsp3) is 0.500. The van der Waals surface area contributed by atoms with E-state index in [4.69, 9.17) is 0 Å². The summed E-state index contributed by atoms with van der Waals surface area (Å²) < 4.78 is 0.989. The van der Waals surface area contributed by atoms with E-state index in [0.29, 0.717) is 6.04 Å². The second-order valence-electron chi connectivity index (χ2n) is 5.03. The molecule has 1 aromatic carbocycles. The van der Waals surface area contributed by atoms with Crippen molar-refractivity contribution in [2.45, 2.75) is 6.04 Å². The number of nitrogens with one attached hydrogen (secondary N) is 1. The van der Waals surface area contributed by atoms with E-state index in [-0.39, 0.29) is 5.91 Å². The summed E-state index contributed by atoms with van der Waals surface area (Å²) in [7, 11) is 3.98. The summed E-state index contributed by atoms with van der Waals surface area (Å²) in [5, 5.41) is 3.37. The Hall–Kier alpha value is -0.910. The maximum Gasteiger partial charge on any atom is 0.253 e. The Morgan fingerprint density at radius 2 is 2.16 bits per heavy atom. The average Bonchev–Trinajstić information content (AvgIpc) is 2.41. The van der Waals surface area contributed by atoms with Crippen molar-refractivity contribution in [1.29, 1.82) is 0 Å². The molecule has 1 unspecified atom stereocenters. The zero-order valence-electron chi connectivity index (χ0n) is 11.4. The molecular formula is C14H20BrN3O.